The molecule has 0 bridgehead atoms. The molecule has 5 rings (SSSR count). The van der Waals surface area contributed by atoms with Gasteiger partial charge in [0.1, 0.15) is 0 Å². The van der Waals surface area contributed by atoms with Gasteiger partial charge in [-0.15, -0.1) is 0 Å². The average Bonchev–Trinajstić information content (AvgIpc) is 3.17. The smallest absolute Gasteiger partial charge is 0.248 e. The van der Waals surface area contributed by atoms with E-state index in [1.807, 2.05) is 67.6 Å². The van der Waals surface area contributed by atoms with E-state index in [0.29, 0.717) is 6.54 Å². The maximum Gasteiger partial charge on any atom is 0.248 e. The van der Waals surface area contributed by atoms with Crippen LogP contribution < -0.4 is 0 Å². The van der Waals surface area contributed by atoms with E-state index in [9.17, 15) is 9.59 Å². The second-order valence-corrected chi connectivity index (χ2v) is 9.67. The molecular weight excluding hydrogens is 430 g/mol. The predicted molar refractivity (Wildman–Crippen MR) is 141 cm³/mol. The Morgan fingerprint density at radius 3 is 2.31 bits per heavy atom. The highest BCUT2D eigenvalue weighted by Crippen LogP contribution is 2.55. The van der Waals surface area contributed by atoms with Gasteiger partial charge in [-0.1, -0.05) is 111 Å². The average molecular weight is 462 g/mol. The third-order valence-corrected chi connectivity index (χ3v) is 7.48. The molecule has 1 aliphatic heterocycles. The zero-order valence-corrected chi connectivity index (χ0v) is 20.5. The van der Waals surface area contributed by atoms with Crippen molar-refractivity contribution in [3.63, 3.8) is 0 Å². The van der Waals surface area contributed by atoms with Crippen LogP contribution in [-0.2, 0) is 21.7 Å². The first-order valence-corrected chi connectivity index (χ1v) is 12.5. The second-order valence-electron chi connectivity index (χ2n) is 9.67. The number of amides is 1. The van der Waals surface area contributed by atoms with E-state index >= 15 is 0 Å². The molecule has 2 unspecified atom stereocenters. The number of nitrogens with zero attached hydrogens (tertiary/aromatic N) is 1. The van der Waals surface area contributed by atoms with E-state index in [-0.39, 0.29) is 17.6 Å². The molecule has 2 aliphatic rings. The predicted octanol–water partition coefficient (Wildman–Crippen LogP) is 6.72. The van der Waals surface area contributed by atoms with Crippen molar-refractivity contribution in [2.45, 2.75) is 45.2 Å². The number of allylic oxidation sites excluding steroid dienone is 1. The quantitative estimate of drug-likeness (QED) is 0.409. The van der Waals surface area contributed by atoms with Crippen molar-refractivity contribution in [2.75, 3.05) is 0 Å². The largest absolute Gasteiger partial charge is 0.314 e. The number of carbonyl (C=O) groups is 2. The summed E-state index contributed by atoms with van der Waals surface area (Å²) in [6.07, 6.45) is 4.35. The molecule has 0 N–H and O–H groups in total. The zero-order valence-electron chi connectivity index (χ0n) is 20.5. The van der Waals surface area contributed by atoms with Crippen molar-refractivity contribution in [3.05, 3.63) is 119 Å². The van der Waals surface area contributed by atoms with Crippen LogP contribution in [0.3, 0.4) is 0 Å². The molecule has 0 aromatic heterocycles. The van der Waals surface area contributed by atoms with Gasteiger partial charge in [0.2, 0.25) is 5.91 Å². The molecule has 1 spiro atoms. The normalized spacial score (nSPS) is 21.4. The summed E-state index contributed by atoms with van der Waals surface area (Å²) in [6.45, 7) is 8.93. The van der Waals surface area contributed by atoms with Crippen LogP contribution in [0.1, 0.15) is 54.0 Å². The zero-order chi connectivity index (χ0) is 24.6. The first-order chi connectivity index (χ1) is 17.0. The number of benzene rings is 3. The van der Waals surface area contributed by atoms with Crippen molar-refractivity contribution in [3.8, 4) is 0 Å². The first-order valence-electron chi connectivity index (χ1n) is 12.5. The number of hydrogen-bond acceptors (Lipinski definition) is 2. The topological polar surface area (TPSA) is 37.4 Å². The summed E-state index contributed by atoms with van der Waals surface area (Å²) in [4.78, 5) is 30.3. The molecule has 176 valence electrons. The van der Waals surface area contributed by atoms with Crippen LogP contribution in [0, 0.1) is 12.8 Å². The highest BCUT2D eigenvalue weighted by molar-refractivity contribution is 6.19. The van der Waals surface area contributed by atoms with Gasteiger partial charge < -0.3 is 4.90 Å². The third kappa shape index (κ3) is 3.67. The van der Waals surface area contributed by atoms with E-state index in [2.05, 4.69) is 31.7 Å². The van der Waals surface area contributed by atoms with Crippen LogP contribution in [0.4, 0.5) is 0 Å². The molecule has 3 aromatic carbocycles. The van der Waals surface area contributed by atoms with Gasteiger partial charge >= 0.3 is 0 Å². The summed E-state index contributed by atoms with van der Waals surface area (Å²) in [5, 5.41) is 0. The lowest BCUT2D eigenvalue weighted by molar-refractivity contribution is -0.141. The van der Waals surface area contributed by atoms with E-state index < -0.39 is 5.54 Å². The van der Waals surface area contributed by atoms with Gasteiger partial charge in [0.05, 0.1) is 0 Å². The van der Waals surface area contributed by atoms with Crippen molar-refractivity contribution in [1.82, 2.24) is 4.90 Å². The van der Waals surface area contributed by atoms with Crippen molar-refractivity contribution < 1.29 is 9.59 Å². The number of carbonyl (C=O) groups excluding carboxylic acids is 2. The Kier molecular flexibility index (Phi) is 6.02. The van der Waals surface area contributed by atoms with Crippen molar-refractivity contribution in [1.29, 1.82) is 0 Å². The van der Waals surface area contributed by atoms with Crippen LogP contribution >= 0.6 is 0 Å². The van der Waals surface area contributed by atoms with Gasteiger partial charge in [-0.3, -0.25) is 9.59 Å². The summed E-state index contributed by atoms with van der Waals surface area (Å²) in [5.41, 5.74) is 5.36. The Bertz CT molecular complexity index is 1320. The number of unbranched alkanes of at least 4 members (excludes halogenated alkanes) is 1. The van der Waals surface area contributed by atoms with E-state index in [0.717, 1.165) is 58.2 Å². The Hall–Kier alpha value is -3.72. The molecule has 3 heteroatoms. The highest BCUT2D eigenvalue weighted by Gasteiger charge is 2.59. The maximum absolute atomic E-state index is 14.7. The standard InChI is InChI=1S/C32H31NO2/c1-4-5-13-27-23(3)26-14-9-10-15-28(26)32(31(27)35)29(25-11-7-6-8-12-25)20-30(34)33(32)21-24-18-16-22(2)17-19-24/h6-12,14-20,27H,3-5,13,21H2,1-2H3. The molecule has 1 aliphatic carbocycles. The molecule has 0 saturated carbocycles. The fourth-order valence-corrected chi connectivity index (χ4v) is 5.68. The van der Waals surface area contributed by atoms with Crippen LogP contribution in [0.25, 0.3) is 11.1 Å². The minimum absolute atomic E-state index is 0.0581. The maximum atomic E-state index is 14.7. The van der Waals surface area contributed by atoms with Crippen molar-refractivity contribution in [2.24, 2.45) is 5.92 Å². The molecule has 0 saturated heterocycles. The third-order valence-electron chi connectivity index (χ3n) is 7.48. The van der Waals surface area contributed by atoms with E-state index in [1.54, 1.807) is 11.0 Å². The summed E-state index contributed by atoms with van der Waals surface area (Å²) in [6, 6.07) is 26.1. The highest BCUT2D eigenvalue weighted by atomic mass is 16.2. The van der Waals surface area contributed by atoms with E-state index in [4.69, 9.17) is 0 Å². The number of fused-ring (bicyclic) bond motifs is 2. The lowest BCUT2D eigenvalue weighted by atomic mass is 9.63. The Morgan fingerprint density at radius 1 is 0.914 bits per heavy atom. The Labute approximate surface area is 207 Å². The van der Waals surface area contributed by atoms with Crippen LogP contribution in [0.5, 0.6) is 0 Å². The summed E-state index contributed by atoms with van der Waals surface area (Å²) in [7, 11) is 0. The molecule has 2 atom stereocenters. The minimum atomic E-state index is -1.18. The van der Waals surface area contributed by atoms with E-state index in [1.165, 1.54) is 0 Å². The number of hydrogen-bond donors (Lipinski definition) is 0. The Balaban J connectivity index is 1.76. The molecule has 3 aromatic rings. The molecule has 1 heterocycles. The lowest BCUT2D eigenvalue weighted by Crippen LogP contribution is -2.55. The fourth-order valence-electron chi connectivity index (χ4n) is 5.68. The SMILES string of the molecule is C=C1c2ccccc2C2(C(=O)C1CCCC)C(c1ccccc1)=CC(=O)N2Cc1ccc(C)cc1. The molecule has 35 heavy (non-hydrogen) atoms. The first kappa shape index (κ1) is 23.0. The van der Waals surface area contributed by atoms with Gasteiger partial charge in [0, 0.05) is 24.1 Å². The number of ketones is 1. The van der Waals surface area contributed by atoms with Crippen LogP contribution in [-0.4, -0.2) is 16.6 Å². The summed E-state index contributed by atoms with van der Waals surface area (Å²) in [5.74, 6) is -0.402. The monoisotopic (exact) mass is 461 g/mol. The van der Waals surface area contributed by atoms with Crippen molar-refractivity contribution >= 4 is 22.8 Å². The second kappa shape index (κ2) is 9.14. The molecule has 1 amide bonds. The van der Waals surface area contributed by atoms with Gasteiger partial charge in [-0.05, 0) is 41.2 Å². The van der Waals surface area contributed by atoms with Crippen LogP contribution in [0.2, 0.25) is 0 Å². The minimum Gasteiger partial charge on any atom is -0.314 e. The van der Waals surface area contributed by atoms with Gasteiger partial charge in [-0.25, -0.2) is 0 Å². The van der Waals surface area contributed by atoms with Crippen LogP contribution in [0.15, 0.2) is 91.5 Å². The lowest BCUT2D eigenvalue weighted by Gasteiger charge is -2.47. The summed E-state index contributed by atoms with van der Waals surface area (Å²) < 4.78 is 0. The number of rotatable bonds is 6. The molecular formula is C32H31NO2. The number of aryl methyl sites for hydroxylation is 1. The molecule has 0 fully saturated rings. The van der Waals surface area contributed by atoms with Gasteiger partial charge in [0.25, 0.3) is 0 Å². The fraction of sp³-hybridized carbons (Fsp3) is 0.250. The summed E-state index contributed by atoms with van der Waals surface area (Å²) >= 11 is 0. The number of Topliss-reactive ketones (excluding diaryl/α,β-unsaturated/α-hetero) is 1. The van der Waals surface area contributed by atoms with Gasteiger partial charge in [0.15, 0.2) is 11.3 Å². The molecule has 0 radical (unpaired) electrons. The van der Waals surface area contributed by atoms with Gasteiger partial charge in [-0.2, -0.15) is 0 Å². The molecule has 3 nitrogen and oxygen atoms in total. The Morgan fingerprint density at radius 2 is 1.60 bits per heavy atom.